The first-order valence-electron chi connectivity index (χ1n) is 6.63. The molecule has 2 rings (SSSR count). The number of nitrogens with one attached hydrogen (secondary N) is 1. The van der Waals surface area contributed by atoms with Crippen molar-refractivity contribution in [2.24, 2.45) is 5.84 Å². The summed E-state index contributed by atoms with van der Waals surface area (Å²) in [5.41, 5.74) is 4.58. The SMILES string of the molecule is CN(Cc1ccc(CC(=O)NN)cc1)c1ccccc1F. The highest BCUT2D eigenvalue weighted by Crippen LogP contribution is 2.19. The molecule has 0 fully saturated rings. The van der Waals surface area contributed by atoms with Crippen LogP contribution >= 0.6 is 0 Å². The molecule has 2 aromatic rings. The van der Waals surface area contributed by atoms with Crippen molar-refractivity contribution < 1.29 is 9.18 Å². The number of amides is 1. The van der Waals surface area contributed by atoms with Gasteiger partial charge in [0.15, 0.2) is 0 Å². The van der Waals surface area contributed by atoms with E-state index in [0.29, 0.717) is 12.2 Å². The third-order valence-electron chi connectivity index (χ3n) is 3.23. The van der Waals surface area contributed by atoms with Crippen molar-refractivity contribution in [2.75, 3.05) is 11.9 Å². The van der Waals surface area contributed by atoms with E-state index >= 15 is 0 Å². The van der Waals surface area contributed by atoms with Crippen molar-refractivity contribution in [3.8, 4) is 0 Å². The summed E-state index contributed by atoms with van der Waals surface area (Å²) in [7, 11) is 1.84. The van der Waals surface area contributed by atoms with E-state index in [2.05, 4.69) is 5.43 Å². The zero-order valence-corrected chi connectivity index (χ0v) is 11.8. The molecule has 0 aromatic heterocycles. The van der Waals surface area contributed by atoms with Gasteiger partial charge in [-0.25, -0.2) is 10.2 Å². The monoisotopic (exact) mass is 287 g/mol. The molecule has 2 aromatic carbocycles. The first-order valence-corrected chi connectivity index (χ1v) is 6.63. The number of nitrogens with zero attached hydrogens (tertiary/aromatic N) is 1. The van der Waals surface area contributed by atoms with Gasteiger partial charge in [0.1, 0.15) is 5.82 Å². The Balaban J connectivity index is 2.03. The molecule has 0 atom stereocenters. The van der Waals surface area contributed by atoms with Crippen LogP contribution in [-0.2, 0) is 17.8 Å². The fourth-order valence-corrected chi connectivity index (χ4v) is 2.12. The Morgan fingerprint density at radius 3 is 2.38 bits per heavy atom. The van der Waals surface area contributed by atoms with Gasteiger partial charge in [0.05, 0.1) is 12.1 Å². The molecule has 0 aliphatic rings. The maximum Gasteiger partial charge on any atom is 0.238 e. The molecule has 0 aliphatic carbocycles. The first kappa shape index (κ1) is 15.0. The van der Waals surface area contributed by atoms with Gasteiger partial charge in [-0.1, -0.05) is 36.4 Å². The first-order chi connectivity index (χ1) is 10.1. The smallest absolute Gasteiger partial charge is 0.238 e. The summed E-state index contributed by atoms with van der Waals surface area (Å²) in [5, 5.41) is 0. The Labute approximate surface area is 123 Å². The molecule has 21 heavy (non-hydrogen) atoms. The Morgan fingerprint density at radius 2 is 1.76 bits per heavy atom. The minimum absolute atomic E-state index is 0.230. The number of benzene rings is 2. The number of halogens is 1. The number of anilines is 1. The predicted octanol–water partition coefficient (Wildman–Crippen LogP) is 1.99. The topological polar surface area (TPSA) is 58.4 Å². The number of carbonyl (C=O) groups is 1. The molecule has 0 heterocycles. The second kappa shape index (κ2) is 6.85. The van der Waals surface area contributed by atoms with E-state index in [1.807, 2.05) is 42.3 Å². The van der Waals surface area contributed by atoms with Gasteiger partial charge in [0.2, 0.25) is 5.91 Å². The zero-order chi connectivity index (χ0) is 15.2. The lowest BCUT2D eigenvalue weighted by Gasteiger charge is -2.20. The van der Waals surface area contributed by atoms with Crippen LogP contribution in [0.4, 0.5) is 10.1 Å². The van der Waals surface area contributed by atoms with Crippen LogP contribution in [0.15, 0.2) is 48.5 Å². The van der Waals surface area contributed by atoms with E-state index in [9.17, 15) is 9.18 Å². The summed E-state index contributed by atoms with van der Waals surface area (Å²) in [6.07, 6.45) is 0.250. The van der Waals surface area contributed by atoms with E-state index in [0.717, 1.165) is 11.1 Å². The Morgan fingerprint density at radius 1 is 1.14 bits per heavy atom. The van der Waals surface area contributed by atoms with Gasteiger partial charge in [-0.05, 0) is 23.3 Å². The zero-order valence-electron chi connectivity index (χ0n) is 11.8. The van der Waals surface area contributed by atoms with E-state index in [-0.39, 0.29) is 18.1 Å². The molecule has 4 nitrogen and oxygen atoms in total. The Bertz CT molecular complexity index is 613. The fourth-order valence-electron chi connectivity index (χ4n) is 2.12. The molecule has 0 saturated heterocycles. The van der Waals surface area contributed by atoms with Crippen molar-refractivity contribution in [1.29, 1.82) is 0 Å². The molecule has 0 unspecified atom stereocenters. The lowest BCUT2D eigenvalue weighted by Crippen LogP contribution is -2.31. The van der Waals surface area contributed by atoms with Gasteiger partial charge < -0.3 is 4.90 Å². The molecular weight excluding hydrogens is 269 g/mol. The van der Waals surface area contributed by atoms with E-state index in [1.54, 1.807) is 12.1 Å². The summed E-state index contributed by atoms with van der Waals surface area (Å²) in [6.45, 7) is 0.588. The van der Waals surface area contributed by atoms with Gasteiger partial charge >= 0.3 is 0 Å². The highest BCUT2D eigenvalue weighted by atomic mass is 19.1. The van der Waals surface area contributed by atoms with Gasteiger partial charge in [-0.3, -0.25) is 10.2 Å². The molecule has 3 N–H and O–H groups in total. The summed E-state index contributed by atoms with van der Waals surface area (Å²) in [5.74, 6) is 4.58. The molecule has 0 saturated carbocycles. The average molecular weight is 287 g/mol. The number of nitrogens with two attached hydrogens (primary N) is 1. The van der Waals surface area contributed by atoms with E-state index < -0.39 is 0 Å². The largest absolute Gasteiger partial charge is 0.368 e. The van der Waals surface area contributed by atoms with Crippen molar-refractivity contribution in [1.82, 2.24) is 5.43 Å². The maximum absolute atomic E-state index is 13.7. The number of hydrogen-bond donors (Lipinski definition) is 2. The predicted molar refractivity (Wildman–Crippen MR) is 81.0 cm³/mol. The molecule has 5 heteroatoms. The van der Waals surface area contributed by atoms with Gasteiger partial charge in [-0.15, -0.1) is 0 Å². The van der Waals surface area contributed by atoms with Crippen molar-refractivity contribution in [3.05, 3.63) is 65.5 Å². The highest BCUT2D eigenvalue weighted by molar-refractivity contribution is 5.77. The van der Waals surface area contributed by atoms with Crippen molar-refractivity contribution in [2.45, 2.75) is 13.0 Å². The van der Waals surface area contributed by atoms with Crippen LogP contribution in [0.5, 0.6) is 0 Å². The number of rotatable bonds is 5. The van der Waals surface area contributed by atoms with Crippen LogP contribution in [0.2, 0.25) is 0 Å². The van der Waals surface area contributed by atoms with Gasteiger partial charge in [-0.2, -0.15) is 0 Å². The standard InChI is InChI=1S/C16H18FN3O/c1-20(15-5-3-2-4-14(15)17)11-13-8-6-12(7-9-13)10-16(21)19-18/h2-9H,10-11,18H2,1H3,(H,19,21). The van der Waals surface area contributed by atoms with E-state index in [4.69, 9.17) is 5.84 Å². The number of hydrogen-bond acceptors (Lipinski definition) is 3. The van der Waals surface area contributed by atoms with Crippen LogP contribution in [0.3, 0.4) is 0 Å². The van der Waals surface area contributed by atoms with Gasteiger partial charge in [0.25, 0.3) is 0 Å². The molecule has 1 amide bonds. The normalized spacial score (nSPS) is 10.2. The third-order valence-corrected chi connectivity index (χ3v) is 3.23. The second-order valence-electron chi connectivity index (χ2n) is 4.87. The summed E-state index contributed by atoms with van der Waals surface area (Å²) in [6, 6.07) is 14.3. The minimum atomic E-state index is -0.240. The quantitative estimate of drug-likeness (QED) is 0.502. The highest BCUT2D eigenvalue weighted by Gasteiger charge is 2.07. The lowest BCUT2D eigenvalue weighted by atomic mass is 10.1. The Hall–Kier alpha value is -2.40. The Kier molecular flexibility index (Phi) is 4.90. The van der Waals surface area contributed by atoms with Crippen molar-refractivity contribution in [3.63, 3.8) is 0 Å². The molecule has 0 bridgehead atoms. The molecule has 0 spiro atoms. The summed E-state index contributed by atoms with van der Waals surface area (Å²) in [4.78, 5) is 13.0. The molecule has 0 radical (unpaired) electrons. The van der Waals surface area contributed by atoms with Crippen LogP contribution < -0.4 is 16.2 Å². The number of hydrazine groups is 1. The van der Waals surface area contributed by atoms with Crippen LogP contribution in [-0.4, -0.2) is 13.0 Å². The van der Waals surface area contributed by atoms with Crippen LogP contribution in [0, 0.1) is 5.82 Å². The minimum Gasteiger partial charge on any atom is -0.368 e. The van der Waals surface area contributed by atoms with E-state index in [1.165, 1.54) is 6.07 Å². The maximum atomic E-state index is 13.7. The van der Waals surface area contributed by atoms with Crippen molar-refractivity contribution >= 4 is 11.6 Å². The molecule has 110 valence electrons. The molecule has 0 aliphatic heterocycles. The number of carbonyl (C=O) groups excluding carboxylic acids is 1. The lowest BCUT2D eigenvalue weighted by molar-refractivity contribution is -0.120. The van der Waals surface area contributed by atoms with Crippen LogP contribution in [0.1, 0.15) is 11.1 Å². The second-order valence-corrected chi connectivity index (χ2v) is 4.87. The third kappa shape index (κ3) is 4.03. The average Bonchev–Trinajstić information content (AvgIpc) is 2.49. The fraction of sp³-hybridized carbons (Fsp3) is 0.188. The molecular formula is C16H18FN3O. The summed E-state index contributed by atoms with van der Waals surface area (Å²) < 4.78 is 13.7. The van der Waals surface area contributed by atoms with Gasteiger partial charge in [0, 0.05) is 13.6 Å². The van der Waals surface area contributed by atoms with Crippen LogP contribution in [0.25, 0.3) is 0 Å². The number of para-hydroxylation sites is 1. The summed E-state index contributed by atoms with van der Waals surface area (Å²) >= 11 is 0.